The molecule has 0 N–H and O–H groups in total. The van der Waals surface area contributed by atoms with Crippen LogP contribution in [0, 0.1) is 11.3 Å². The van der Waals surface area contributed by atoms with Gasteiger partial charge in [-0.05, 0) is 24.3 Å². The van der Waals surface area contributed by atoms with Crippen molar-refractivity contribution in [3.63, 3.8) is 0 Å². The molecule has 0 bridgehead atoms. The lowest BCUT2D eigenvalue weighted by molar-refractivity contribution is -0.141. The first-order valence-electron chi connectivity index (χ1n) is 10.0. The molecule has 1 atom stereocenters. The van der Waals surface area contributed by atoms with E-state index in [-0.39, 0.29) is 0 Å². The van der Waals surface area contributed by atoms with Crippen molar-refractivity contribution < 1.29 is 14.3 Å². The van der Waals surface area contributed by atoms with E-state index in [1.165, 1.54) is 7.11 Å². The summed E-state index contributed by atoms with van der Waals surface area (Å²) in [6.45, 7) is 2.81. The number of carbonyl (C=O) groups is 1. The van der Waals surface area contributed by atoms with Crippen molar-refractivity contribution in [3.05, 3.63) is 54.2 Å². The molecule has 2 heterocycles. The second-order valence-electron chi connectivity index (χ2n) is 7.15. The molecule has 8 nitrogen and oxygen atoms in total. The average molecular weight is 417 g/mol. The number of esters is 1. The third-order valence-electron chi connectivity index (χ3n) is 5.42. The highest BCUT2D eigenvalue weighted by Gasteiger charge is 2.31. The number of methoxy groups -OCH3 is 2. The second-order valence-corrected chi connectivity index (χ2v) is 7.15. The molecule has 1 aliphatic heterocycles. The fraction of sp³-hybridized carbons (Fsp3) is 0.304. The summed E-state index contributed by atoms with van der Waals surface area (Å²) in [6.07, 6.45) is 0. The molecule has 1 aliphatic rings. The summed E-state index contributed by atoms with van der Waals surface area (Å²) in [6, 6.07) is 17.4. The number of nitriles is 1. The Hall–Kier alpha value is -3.86. The monoisotopic (exact) mass is 417 g/mol. The molecule has 1 fully saturated rings. The zero-order chi connectivity index (χ0) is 21.8. The summed E-state index contributed by atoms with van der Waals surface area (Å²) in [7, 11) is 2.94. The number of nitrogens with zero attached hydrogens (tertiary/aromatic N) is 5. The summed E-state index contributed by atoms with van der Waals surface area (Å²) in [5.41, 5.74) is 2.73. The molecule has 1 unspecified atom stereocenters. The Bertz CT molecular complexity index is 1140. The van der Waals surface area contributed by atoms with Crippen LogP contribution >= 0.6 is 0 Å². The van der Waals surface area contributed by atoms with E-state index in [9.17, 15) is 10.1 Å². The van der Waals surface area contributed by atoms with Crippen molar-refractivity contribution in [2.24, 2.45) is 0 Å². The third-order valence-corrected chi connectivity index (χ3v) is 5.42. The summed E-state index contributed by atoms with van der Waals surface area (Å²) in [5.74, 6) is -0.391. The van der Waals surface area contributed by atoms with Gasteiger partial charge in [0.05, 0.1) is 37.0 Å². The van der Waals surface area contributed by atoms with Crippen LogP contribution in [-0.4, -0.2) is 56.3 Å². The molecule has 1 aromatic heterocycles. The van der Waals surface area contributed by atoms with Crippen molar-refractivity contribution in [2.45, 2.75) is 5.92 Å². The van der Waals surface area contributed by atoms with Crippen LogP contribution in [0.2, 0.25) is 0 Å². The number of anilines is 2. The molecule has 31 heavy (non-hydrogen) atoms. The third kappa shape index (κ3) is 3.94. The molecule has 4 rings (SSSR count). The second kappa shape index (κ2) is 8.88. The number of ether oxygens (including phenoxy) is 2. The van der Waals surface area contributed by atoms with Crippen LogP contribution in [0.3, 0.4) is 0 Å². The highest BCUT2D eigenvalue weighted by molar-refractivity contribution is 5.85. The van der Waals surface area contributed by atoms with Crippen LogP contribution in [-0.2, 0) is 9.53 Å². The van der Waals surface area contributed by atoms with Crippen LogP contribution in [0.4, 0.5) is 11.5 Å². The number of benzene rings is 2. The van der Waals surface area contributed by atoms with Gasteiger partial charge >= 0.3 is 5.97 Å². The van der Waals surface area contributed by atoms with E-state index in [1.807, 2.05) is 54.6 Å². The standard InChI is InChI=1S/C23H23N5O3/c1-30-20-10-6-5-9-19(20)27-11-13-28(14-12-27)22-21(16(15-24)23(29)31-2)25-17-7-3-4-8-18(17)26-22/h3-10,16H,11-14H2,1-2H3. The summed E-state index contributed by atoms with van der Waals surface area (Å²) in [5, 5.41) is 9.67. The highest BCUT2D eigenvalue weighted by Crippen LogP contribution is 2.31. The van der Waals surface area contributed by atoms with Crippen molar-refractivity contribution >= 4 is 28.5 Å². The lowest BCUT2D eigenvalue weighted by Gasteiger charge is -2.37. The van der Waals surface area contributed by atoms with E-state index < -0.39 is 11.9 Å². The fourth-order valence-electron chi connectivity index (χ4n) is 3.82. The predicted octanol–water partition coefficient (Wildman–Crippen LogP) is 2.75. The minimum absolute atomic E-state index is 0.332. The number of fused-ring (bicyclic) bond motifs is 1. The number of hydrogen-bond donors (Lipinski definition) is 0. The zero-order valence-electron chi connectivity index (χ0n) is 17.5. The number of aromatic nitrogens is 2. The molecule has 0 amide bonds. The molecular weight excluding hydrogens is 394 g/mol. The molecule has 158 valence electrons. The topological polar surface area (TPSA) is 91.6 Å². The molecular formula is C23H23N5O3. The molecule has 2 aromatic carbocycles. The van der Waals surface area contributed by atoms with Crippen LogP contribution in [0.1, 0.15) is 11.6 Å². The van der Waals surface area contributed by atoms with Gasteiger partial charge in [-0.25, -0.2) is 9.97 Å². The van der Waals surface area contributed by atoms with Gasteiger partial charge in [-0.15, -0.1) is 0 Å². The van der Waals surface area contributed by atoms with Crippen molar-refractivity contribution in [3.8, 4) is 11.8 Å². The lowest BCUT2D eigenvalue weighted by atomic mass is 10.1. The predicted molar refractivity (Wildman–Crippen MR) is 117 cm³/mol. The van der Waals surface area contributed by atoms with E-state index >= 15 is 0 Å². The Morgan fingerprint density at radius 2 is 1.58 bits per heavy atom. The van der Waals surface area contributed by atoms with Gasteiger partial charge in [-0.1, -0.05) is 24.3 Å². The Morgan fingerprint density at radius 3 is 2.23 bits per heavy atom. The van der Waals surface area contributed by atoms with E-state index in [4.69, 9.17) is 14.5 Å². The maximum atomic E-state index is 12.3. The minimum atomic E-state index is -1.13. The molecule has 1 saturated heterocycles. The number of para-hydroxylation sites is 4. The zero-order valence-corrected chi connectivity index (χ0v) is 17.5. The Morgan fingerprint density at radius 1 is 0.968 bits per heavy atom. The van der Waals surface area contributed by atoms with Crippen molar-refractivity contribution in [1.29, 1.82) is 5.26 Å². The quantitative estimate of drug-likeness (QED) is 0.585. The Balaban J connectivity index is 1.67. The van der Waals surface area contributed by atoms with Crippen LogP contribution in [0.5, 0.6) is 5.75 Å². The first-order valence-corrected chi connectivity index (χ1v) is 10.0. The van der Waals surface area contributed by atoms with E-state index in [0.29, 0.717) is 30.1 Å². The van der Waals surface area contributed by atoms with E-state index in [0.717, 1.165) is 30.0 Å². The maximum Gasteiger partial charge on any atom is 0.329 e. The van der Waals surface area contributed by atoms with Crippen LogP contribution in [0.25, 0.3) is 11.0 Å². The first kappa shape index (κ1) is 20.4. The van der Waals surface area contributed by atoms with Gasteiger partial charge < -0.3 is 19.3 Å². The van der Waals surface area contributed by atoms with Crippen molar-refractivity contribution in [1.82, 2.24) is 9.97 Å². The van der Waals surface area contributed by atoms with Crippen molar-refractivity contribution in [2.75, 3.05) is 50.2 Å². The van der Waals surface area contributed by atoms with Crippen LogP contribution < -0.4 is 14.5 Å². The molecule has 0 spiro atoms. The number of hydrogen-bond acceptors (Lipinski definition) is 8. The average Bonchev–Trinajstić information content (AvgIpc) is 2.84. The van der Waals surface area contributed by atoms with E-state index in [2.05, 4.69) is 14.8 Å². The number of piperazine rings is 1. The van der Waals surface area contributed by atoms with Gasteiger partial charge in [0.15, 0.2) is 11.7 Å². The van der Waals surface area contributed by atoms with Gasteiger partial charge in [0.25, 0.3) is 0 Å². The molecule has 0 saturated carbocycles. The lowest BCUT2D eigenvalue weighted by Crippen LogP contribution is -2.47. The number of rotatable bonds is 5. The van der Waals surface area contributed by atoms with Gasteiger partial charge in [0.2, 0.25) is 0 Å². The van der Waals surface area contributed by atoms with Gasteiger partial charge in [0, 0.05) is 26.2 Å². The first-order chi connectivity index (χ1) is 15.2. The largest absolute Gasteiger partial charge is 0.495 e. The molecule has 0 aliphatic carbocycles. The summed E-state index contributed by atoms with van der Waals surface area (Å²) < 4.78 is 10.3. The molecule has 8 heteroatoms. The van der Waals surface area contributed by atoms with E-state index in [1.54, 1.807) is 7.11 Å². The normalized spacial score (nSPS) is 14.7. The Labute approximate surface area is 180 Å². The van der Waals surface area contributed by atoms with Gasteiger partial charge in [-0.3, -0.25) is 4.79 Å². The fourth-order valence-corrected chi connectivity index (χ4v) is 3.82. The Kier molecular flexibility index (Phi) is 5.85. The van der Waals surface area contributed by atoms with Gasteiger partial charge in [-0.2, -0.15) is 5.26 Å². The minimum Gasteiger partial charge on any atom is -0.495 e. The van der Waals surface area contributed by atoms with Gasteiger partial charge in [0.1, 0.15) is 11.4 Å². The highest BCUT2D eigenvalue weighted by atomic mass is 16.5. The smallest absolute Gasteiger partial charge is 0.329 e. The maximum absolute atomic E-state index is 12.3. The summed E-state index contributed by atoms with van der Waals surface area (Å²) >= 11 is 0. The molecule has 0 radical (unpaired) electrons. The molecule has 3 aromatic rings. The number of carbonyl (C=O) groups excluding carboxylic acids is 1. The SMILES string of the molecule is COC(=O)C(C#N)c1nc2ccccc2nc1N1CCN(c2ccccc2OC)CC1. The summed E-state index contributed by atoms with van der Waals surface area (Å²) in [4.78, 5) is 26.0. The van der Waals surface area contributed by atoms with Crippen LogP contribution in [0.15, 0.2) is 48.5 Å².